The van der Waals surface area contributed by atoms with Crippen molar-refractivity contribution in [1.82, 2.24) is 5.32 Å². The summed E-state index contributed by atoms with van der Waals surface area (Å²) in [7, 11) is 0. The highest BCUT2D eigenvalue weighted by atomic mass is 79.9. The maximum atomic E-state index is 11.3. The van der Waals surface area contributed by atoms with Gasteiger partial charge in [-0.25, -0.2) is 0 Å². The molecule has 0 aromatic heterocycles. The van der Waals surface area contributed by atoms with Gasteiger partial charge in [0.05, 0.1) is 6.42 Å². The van der Waals surface area contributed by atoms with Crippen molar-refractivity contribution in [3.8, 4) is 0 Å². The molecule has 76 valence electrons. The lowest BCUT2D eigenvalue weighted by molar-refractivity contribution is -0.120. The van der Waals surface area contributed by atoms with Gasteiger partial charge in [0.2, 0.25) is 5.91 Å². The molecule has 0 saturated heterocycles. The molecule has 0 aliphatic carbocycles. The summed E-state index contributed by atoms with van der Waals surface area (Å²) in [6.07, 6.45) is 0.382. The SMILES string of the molecule is O=C(Cc1cccc(Cl)c1)NCCBr. The zero-order valence-corrected chi connectivity index (χ0v) is 9.94. The van der Waals surface area contributed by atoms with Gasteiger partial charge in [-0.3, -0.25) is 4.79 Å². The lowest BCUT2D eigenvalue weighted by Gasteiger charge is -2.03. The molecule has 0 spiro atoms. The number of halogens is 2. The van der Waals surface area contributed by atoms with Crippen LogP contribution in [0.3, 0.4) is 0 Å². The second-order valence-electron chi connectivity index (χ2n) is 2.85. The Morgan fingerprint density at radius 3 is 2.93 bits per heavy atom. The van der Waals surface area contributed by atoms with Crippen molar-refractivity contribution in [3.05, 3.63) is 34.9 Å². The van der Waals surface area contributed by atoms with E-state index in [4.69, 9.17) is 11.6 Å². The van der Waals surface area contributed by atoms with E-state index in [-0.39, 0.29) is 5.91 Å². The molecular weight excluding hydrogens is 265 g/mol. The minimum Gasteiger partial charge on any atom is -0.355 e. The molecule has 0 unspecified atom stereocenters. The predicted molar refractivity (Wildman–Crippen MR) is 62.0 cm³/mol. The van der Waals surface area contributed by atoms with Crippen molar-refractivity contribution in [3.63, 3.8) is 0 Å². The van der Waals surface area contributed by atoms with Crippen molar-refractivity contribution >= 4 is 33.4 Å². The summed E-state index contributed by atoms with van der Waals surface area (Å²) in [6.45, 7) is 0.652. The van der Waals surface area contributed by atoms with Crippen molar-refractivity contribution in [1.29, 1.82) is 0 Å². The summed E-state index contributed by atoms with van der Waals surface area (Å²) in [5, 5.41) is 4.21. The summed E-state index contributed by atoms with van der Waals surface area (Å²) in [4.78, 5) is 11.3. The maximum absolute atomic E-state index is 11.3. The Balaban J connectivity index is 2.47. The second-order valence-corrected chi connectivity index (χ2v) is 4.08. The van der Waals surface area contributed by atoms with Crippen LogP contribution in [0, 0.1) is 0 Å². The Labute approximate surface area is 96.8 Å². The van der Waals surface area contributed by atoms with Gasteiger partial charge in [-0.05, 0) is 17.7 Å². The molecule has 4 heteroatoms. The highest BCUT2D eigenvalue weighted by Gasteiger charge is 2.02. The van der Waals surface area contributed by atoms with E-state index >= 15 is 0 Å². The van der Waals surface area contributed by atoms with Crippen LogP contribution in [0.5, 0.6) is 0 Å². The van der Waals surface area contributed by atoms with Gasteiger partial charge in [0.15, 0.2) is 0 Å². The van der Waals surface area contributed by atoms with Crippen LogP contribution in [0.2, 0.25) is 5.02 Å². The van der Waals surface area contributed by atoms with Crippen molar-refractivity contribution in [2.45, 2.75) is 6.42 Å². The van der Waals surface area contributed by atoms with Crippen LogP contribution >= 0.6 is 27.5 Å². The molecule has 0 saturated carbocycles. The smallest absolute Gasteiger partial charge is 0.224 e. The van der Waals surface area contributed by atoms with Gasteiger partial charge in [0.25, 0.3) is 0 Å². The minimum atomic E-state index is 0.0201. The summed E-state index contributed by atoms with van der Waals surface area (Å²) in [6, 6.07) is 7.33. The normalized spacial score (nSPS) is 9.86. The third kappa shape index (κ3) is 4.11. The molecule has 0 bridgehead atoms. The van der Waals surface area contributed by atoms with E-state index in [1.807, 2.05) is 12.1 Å². The molecular formula is C10H11BrClNO. The largest absolute Gasteiger partial charge is 0.355 e. The van der Waals surface area contributed by atoms with Crippen LogP contribution in [-0.2, 0) is 11.2 Å². The molecule has 1 aromatic carbocycles. The Morgan fingerprint density at radius 1 is 1.50 bits per heavy atom. The van der Waals surface area contributed by atoms with Crippen LogP contribution in [0.4, 0.5) is 0 Å². The molecule has 1 rings (SSSR count). The Kier molecular flexibility index (Phi) is 4.98. The first-order valence-corrected chi connectivity index (χ1v) is 5.79. The number of rotatable bonds is 4. The van der Waals surface area contributed by atoms with Gasteiger partial charge in [-0.15, -0.1) is 0 Å². The van der Waals surface area contributed by atoms with Crippen molar-refractivity contribution < 1.29 is 4.79 Å². The molecule has 0 aliphatic heterocycles. The summed E-state index contributed by atoms with van der Waals surface area (Å²) < 4.78 is 0. The predicted octanol–water partition coefficient (Wildman–Crippen LogP) is 2.39. The Bertz CT molecular complexity index is 317. The van der Waals surface area contributed by atoms with E-state index in [1.165, 1.54) is 0 Å². The summed E-state index contributed by atoms with van der Waals surface area (Å²) >= 11 is 9.03. The molecule has 1 amide bonds. The maximum Gasteiger partial charge on any atom is 0.224 e. The molecule has 0 atom stereocenters. The first-order valence-electron chi connectivity index (χ1n) is 4.29. The van der Waals surface area contributed by atoms with Crippen LogP contribution in [0.1, 0.15) is 5.56 Å². The number of carbonyl (C=O) groups excluding carboxylic acids is 1. The number of alkyl halides is 1. The van der Waals surface area contributed by atoms with E-state index in [2.05, 4.69) is 21.2 Å². The molecule has 0 radical (unpaired) electrons. The fourth-order valence-electron chi connectivity index (χ4n) is 1.08. The molecule has 1 aromatic rings. The summed E-state index contributed by atoms with van der Waals surface area (Å²) in [5.41, 5.74) is 0.935. The van der Waals surface area contributed by atoms with Gasteiger partial charge in [0, 0.05) is 16.9 Å². The highest BCUT2D eigenvalue weighted by Crippen LogP contribution is 2.10. The number of benzene rings is 1. The molecule has 0 aliphatic rings. The standard InChI is InChI=1S/C10H11BrClNO/c11-4-5-13-10(14)7-8-2-1-3-9(12)6-8/h1-3,6H,4-5,7H2,(H,13,14). The lowest BCUT2D eigenvalue weighted by Crippen LogP contribution is -2.26. The fraction of sp³-hybridized carbons (Fsp3) is 0.300. The van der Waals surface area contributed by atoms with Crippen LogP contribution in [-0.4, -0.2) is 17.8 Å². The van der Waals surface area contributed by atoms with Gasteiger partial charge >= 0.3 is 0 Å². The minimum absolute atomic E-state index is 0.0201. The van der Waals surface area contributed by atoms with E-state index in [0.717, 1.165) is 10.9 Å². The third-order valence-electron chi connectivity index (χ3n) is 1.67. The fourth-order valence-corrected chi connectivity index (χ4v) is 1.49. The first-order chi connectivity index (χ1) is 6.72. The number of amides is 1. The number of hydrogen-bond donors (Lipinski definition) is 1. The van der Waals surface area contributed by atoms with Crippen LogP contribution in [0.25, 0.3) is 0 Å². The van der Waals surface area contributed by atoms with E-state index in [1.54, 1.807) is 12.1 Å². The molecule has 0 fully saturated rings. The molecule has 1 N–H and O–H groups in total. The van der Waals surface area contributed by atoms with Gasteiger partial charge in [-0.1, -0.05) is 39.7 Å². The Hall–Kier alpha value is -0.540. The topological polar surface area (TPSA) is 29.1 Å². The second kappa shape index (κ2) is 6.04. The average molecular weight is 277 g/mol. The quantitative estimate of drug-likeness (QED) is 0.841. The monoisotopic (exact) mass is 275 g/mol. The highest BCUT2D eigenvalue weighted by molar-refractivity contribution is 9.09. The van der Waals surface area contributed by atoms with Gasteiger partial charge < -0.3 is 5.32 Å². The number of hydrogen-bond acceptors (Lipinski definition) is 1. The zero-order chi connectivity index (χ0) is 10.4. The van der Waals surface area contributed by atoms with Crippen molar-refractivity contribution in [2.24, 2.45) is 0 Å². The Morgan fingerprint density at radius 2 is 2.29 bits per heavy atom. The number of nitrogens with one attached hydrogen (secondary N) is 1. The number of carbonyl (C=O) groups is 1. The molecule has 0 heterocycles. The third-order valence-corrected chi connectivity index (χ3v) is 2.30. The van der Waals surface area contributed by atoms with Crippen molar-refractivity contribution in [2.75, 3.05) is 11.9 Å². The lowest BCUT2D eigenvalue weighted by atomic mass is 10.1. The first kappa shape index (κ1) is 11.5. The molecule has 2 nitrogen and oxygen atoms in total. The van der Waals surface area contributed by atoms with Crippen LogP contribution < -0.4 is 5.32 Å². The van der Waals surface area contributed by atoms with Gasteiger partial charge in [0.1, 0.15) is 0 Å². The average Bonchev–Trinajstić information content (AvgIpc) is 2.15. The van der Waals surface area contributed by atoms with Crippen LogP contribution in [0.15, 0.2) is 24.3 Å². The zero-order valence-electron chi connectivity index (χ0n) is 7.59. The molecule has 14 heavy (non-hydrogen) atoms. The van der Waals surface area contributed by atoms with Gasteiger partial charge in [-0.2, -0.15) is 0 Å². The summed E-state index contributed by atoms with van der Waals surface area (Å²) in [5.74, 6) is 0.0201. The van der Waals surface area contributed by atoms with E-state index in [0.29, 0.717) is 18.0 Å². The van der Waals surface area contributed by atoms with E-state index < -0.39 is 0 Å². The van der Waals surface area contributed by atoms with E-state index in [9.17, 15) is 4.79 Å².